The number of carbonyl (C=O) groups is 3. The van der Waals surface area contributed by atoms with Crippen molar-refractivity contribution in [3.63, 3.8) is 0 Å². The van der Waals surface area contributed by atoms with E-state index in [0.29, 0.717) is 19.4 Å². The molecule has 0 aliphatic carbocycles. The summed E-state index contributed by atoms with van der Waals surface area (Å²) in [5.74, 6) is 0.955. The average Bonchev–Trinajstić information content (AvgIpc) is 3.18. The Morgan fingerprint density at radius 1 is 0.554 bits per heavy atom. The molecule has 0 bridgehead atoms. The van der Waals surface area contributed by atoms with Crippen LogP contribution in [0.5, 0.6) is 0 Å². The molecule has 1 heterocycles. The Hall–Kier alpha value is -1.28. The molecule has 0 N–H and O–H groups in total. The molecule has 1 saturated heterocycles. The predicted octanol–water partition coefficient (Wildman–Crippen LogP) is 13.6. The summed E-state index contributed by atoms with van der Waals surface area (Å²) in [6.45, 7) is 11.3. The topological polar surface area (TPSA) is 82.1 Å². The third-order valence-electron chi connectivity index (χ3n) is 11.6. The predicted molar refractivity (Wildman–Crippen MR) is 238 cm³/mol. The Morgan fingerprint density at radius 2 is 0.964 bits per heavy atom. The molecule has 1 aliphatic heterocycles. The number of nitrogens with zero attached hydrogens (tertiary/aromatic N) is 1. The largest absolute Gasteiger partial charge is 0.465 e. The Labute approximate surface area is 351 Å². The molecule has 2 unspecified atom stereocenters. The summed E-state index contributed by atoms with van der Waals surface area (Å²) < 4.78 is 17.7. The van der Waals surface area contributed by atoms with Gasteiger partial charge in [-0.1, -0.05) is 137 Å². The Balaban J connectivity index is 2.24. The van der Waals surface area contributed by atoms with Gasteiger partial charge in [-0.3, -0.25) is 14.4 Å². The maximum atomic E-state index is 13.2. The van der Waals surface area contributed by atoms with Gasteiger partial charge in [0, 0.05) is 24.6 Å². The number of thioether (sulfide) groups is 1. The van der Waals surface area contributed by atoms with Crippen molar-refractivity contribution < 1.29 is 28.6 Å². The molecule has 2 atom stereocenters. The standard InChI is InChI=1S/C48H91NO6S/c1-6-10-14-23-31-42(32-24-15-11-7-2)54-46(50)35-27-19-18-22-30-40-56-45-41-49(5)38-37-44(45)48(52)53-39-29-21-20-28-36-47(51)55-43(33-25-16-12-8-3)34-26-17-13-9-4/h42-45H,6-41H2,1-5H3. The van der Waals surface area contributed by atoms with Gasteiger partial charge in [0.15, 0.2) is 0 Å². The van der Waals surface area contributed by atoms with Crippen molar-refractivity contribution in [2.75, 3.05) is 32.5 Å². The molecule has 0 aromatic carbocycles. The molecular formula is C48H91NO6S. The van der Waals surface area contributed by atoms with Gasteiger partial charge in [-0.2, -0.15) is 11.8 Å². The zero-order valence-corrected chi connectivity index (χ0v) is 38.4. The van der Waals surface area contributed by atoms with Crippen molar-refractivity contribution in [2.24, 2.45) is 5.92 Å². The lowest BCUT2D eigenvalue weighted by molar-refractivity contribution is -0.151. The molecule has 0 radical (unpaired) electrons. The maximum absolute atomic E-state index is 13.2. The van der Waals surface area contributed by atoms with Crippen LogP contribution in [-0.2, 0) is 28.6 Å². The molecule has 0 saturated carbocycles. The second-order valence-electron chi connectivity index (χ2n) is 17.0. The average molecular weight is 810 g/mol. The first-order valence-electron chi connectivity index (χ1n) is 24.2. The molecular weight excluding hydrogens is 719 g/mol. The van der Waals surface area contributed by atoms with Crippen molar-refractivity contribution in [3.05, 3.63) is 0 Å². The number of likely N-dealkylation sites (tertiary alicyclic amines) is 1. The fourth-order valence-corrected chi connectivity index (χ4v) is 9.37. The lowest BCUT2D eigenvalue weighted by Crippen LogP contribution is -2.44. The van der Waals surface area contributed by atoms with Gasteiger partial charge in [0.2, 0.25) is 0 Å². The summed E-state index contributed by atoms with van der Waals surface area (Å²) in [5.41, 5.74) is 0. The summed E-state index contributed by atoms with van der Waals surface area (Å²) in [4.78, 5) is 40.7. The highest BCUT2D eigenvalue weighted by molar-refractivity contribution is 7.99. The molecule has 0 amide bonds. The van der Waals surface area contributed by atoms with E-state index in [0.717, 1.165) is 134 Å². The van der Waals surface area contributed by atoms with E-state index in [1.807, 2.05) is 11.8 Å². The second kappa shape index (κ2) is 38.0. The normalized spacial score (nSPS) is 16.1. The molecule has 0 aromatic rings. The van der Waals surface area contributed by atoms with E-state index in [-0.39, 0.29) is 41.3 Å². The number of hydrogen-bond donors (Lipinski definition) is 0. The van der Waals surface area contributed by atoms with Crippen LogP contribution in [0, 0.1) is 5.92 Å². The van der Waals surface area contributed by atoms with Crippen LogP contribution in [0.2, 0.25) is 0 Å². The van der Waals surface area contributed by atoms with Crippen LogP contribution in [0.1, 0.15) is 233 Å². The maximum Gasteiger partial charge on any atom is 0.310 e. The second-order valence-corrected chi connectivity index (χ2v) is 18.4. The highest BCUT2D eigenvalue weighted by Gasteiger charge is 2.34. The quantitative estimate of drug-likeness (QED) is 0.0345. The molecule has 8 heteroatoms. The van der Waals surface area contributed by atoms with Crippen molar-refractivity contribution in [1.82, 2.24) is 4.90 Å². The summed E-state index contributed by atoms with van der Waals surface area (Å²) in [5, 5.41) is 0.279. The monoisotopic (exact) mass is 810 g/mol. The van der Waals surface area contributed by atoms with Crippen LogP contribution in [-0.4, -0.2) is 72.8 Å². The molecule has 56 heavy (non-hydrogen) atoms. The first-order valence-corrected chi connectivity index (χ1v) is 25.2. The molecule has 7 nitrogen and oxygen atoms in total. The number of carbonyl (C=O) groups excluding carboxylic acids is 3. The molecule has 0 spiro atoms. The van der Waals surface area contributed by atoms with Crippen LogP contribution >= 0.6 is 11.8 Å². The first kappa shape index (κ1) is 52.7. The summed E-state index contributed by atoms with van der Waals surface area (Å²) >= 11 is 1.94. The SMILES string of the molecule is CCCCCCC(CCCCCC)OC(=O)CCCCCCCSC1CN(C)CCC1C(=O)OCCCCCCC(=O)OC(CCCCCC)CCCCCC. The van der Waals surface area contributed by atoms with Crippen molar-refractivity contribution in [2.45, 2.75) is 251 Å². The van der Waals surface area contributed by atoms with Crippen LogP contribution in [0.3, 0.4) is 0 Å². The van der Waals surface area contributed by atoms with Crippen LogP contribution < -0.4 is 0 Å². The zero-order chi connectivity index (χ0) is 40.9. The van der Waals surface area contributed by atoms with E-state index < -0.39 is 0 Å². The third kappa shape index (κ3) is 29.9. The summed E-state index contributed by atoms with van der Waals surface area (Å²) in [6.07, 6.45) is 34.7. The molecule has 1 aliphatic rings. The summed E-state index contributed by atoms with van der Waals surface area (Å²) in [7, 11) is 2.15. The number of piperidine rings is 1. The molecule has 0 aromatic heterocycles. The van der Waals surface area contributed by atoms with Gasteiger partial charge >= 0.3 is 17.9 Å². The van der Waals surface area contributed by atoms with E-state index in [1.54, 1.807) is 0 Å². The van der Waals surface area contributed by atoms with Crippen molar-refractivity contribution >= 4 is 29.7 Å². The van der Waals surface area contributed by atoms with Crippen molar-refractivity contribution in [3.8, 4) is 0 Å². The number of ether oxygens (including phenoxy) is 3. The van der Waals surface area contributed by atoms with Gasteiger partial charge in [0.05, 0.1) is 12.5 Å². The molecule has 1 rings (SSSR count). The fraction of sp³-hybridized carbons (Fsp3) is 0.938. The van der Waals surface area contributed by atoms with E-state index >= 15 is 0 Å². The van der Waals surface area contributed by atoms with E-state index in [9.17, 15) is 14.4 Å². The number of esters is 3. The van der Waals surface area contributed by atoms with Gasteiger partial charge in [-0.05, 0) is 103 Å². The minimum atomic E-state index is -0.0414. The Bertz CT molecular complexity index is 909. The van der Waals surface area contributed by atoms with Crippen LogP contribution in [0.15, 0.2) is 0 Å². The third-order valence-corrected chi connectivity index (χ3v) is 13.0. The summed E-state index contributed by atoms with van der Waals surface area (Å²) in [6, 6.07) is 0. The van der Waals surface area contributed by atoms with Crippen molar-refractivity contribution in [1.29, 1.82) is 0 Å². The van der Waals surface area contributed by atoms with Crippen LogP contribution in [0.4, 0.5) is 0 Å². The van der Waals surface area contributed by atoms with Gasteiger partial charge < -0.3 is 19.1 Å². The minimum absolute atomic E-state index is 0.00192. The highest BCUT2D eigenvalue weighted by atomic mass is 32.2. The Kier molecular flexibility index (Phi) is 35.7. The number of unbranched alkanes of at least 4 members (excludes halogenated alkanes) is 19. The van der Waals surface area contributed by atoms with Gasteiger partial charge in [0.25, 0.3) is 0 Å². The molecule has 1 fully saturated rings. The fourth-order valence-electron chi connectivity index (χ4n) is 7.86. The van der Waals surface area contributed by atoms with Gasteiger partial charge in [0.1, 0.15) is 12.2 Å². The molecule has 330 valence electrons. The first-order chi connectivity index (χ1) is 27.3. The lowest BCUT2D eigenvalue weighted by Gasteiger charge is -2.35. The number of hydrogen-bond acceptors (Lipinski definition) is 8. The van der Waals surface area contributed by atoms with E-state index in [4.69, 9.17) is 14.2 Å². The number of rotatable bonds is 39. The van der Waals surface area contributed by atoms with E-state index in [2.05, 4.69) is 39.6 Å². The highest BCUT2D eigenvalue weighted by Crippen LogP contribution is 2.30. The lowest BCUT2D eigenvalue weighted by atomic mass is 9.97. The van der Waals surface area contributed by atoms with Crippen LogP contribution in [0.25, 0.3) is 0 Å². The van der Waals surface area contributed by atoms with Gasteiger partial charge in [-0.25, -0.2) is 0 Å². The van der Waals surface area contributed by atoms with E-state index in [1.165, 1.54) is 77.0 Å². The minimum Gasteiger partial charge on any atom is -0.465 e. The Morgan fingerprint density at radius 3 is 1.43 bits per heavy atom. The van der Waals surface area contributed by atoms with Gasteiger partial charge in [-0.15, -0.1) is 0 Å². The zero-order valence-electron chi connectivity index (χ0n) is 37.6. The smallest absolute Gasteiger partial charge is 0.310 e.